The summed E-state index contributed by atoms with van der Waals surface area (Å²) in [6.45, 7) is 8.08. The molecule has 3 rings (SSSR count). The Hall–Kier alpha value is -1.03. The summed E-state index contributed by atoms with van der Waals surface area (Å²) in [5, 5.41) is 14.1. The summed E-state index contributed by atoms with van der Waals surface area (Å²) in [7, 11) is -3.16. The lowest BCUT2D eigenvalue weighted by Crippen LogP contribution is -2.60. The molecule has 0 spiro atoms. The van der Waals surface area contributed by atoms with Gasteiger partial charge in [0.05, 0.1) is 17.2 Å². The van der Waals surface area contributed by atoms with E-state index in [0.29, 0.717) is 11.1 Å². The van der Waals surface area contributed by atoms with Crippen LogP contribution in [-0.2, 0) is 9.84 Å². The maximum Gasteiger partial charge on any atom is 0.175 e. The van der Waals surface area contributed by atoms with Gasteiger partial charge in [0.15, 0.2) is 9.84 Å². The number of piperazine rings is 1. The fourth-order valence-corrected chi connectivity index (χ4v) is 4.31. The van der Waals surface area contributed by atoms with Crippen LogP contribution in [0.15, 0.2) is 29.2 Å². The van der Waals surface area contributed by atoms with Gasteiger partial charge in [-0.2, -0.15) is 0 Å². The molecule has 0 aliphatic carbocycles. The molecule has 2 saturated heterocycles. The molecule has 2 unspecified atom stereocenters. The number of hydrogen-bond donors (Lipinski definition) is 4. The summed E-state index contributed by atoms with van der Waals surface area (Å²) in [6, 6.07) is 7.46. The van der Waals surface area contributed by atoms with E-state index >= 15 is 0 Å². The highest BCUT2D eigenvalue weighted by molar-refractivity contribution is 7.90. The Morgan fingerprint density at radius 1 is 1.15 bits per heavy atom. The predicted molar refractivity (Wildman–Crippen MR) is 104 cm³/mol. The third-order valence-corrected chi connectivity index (χ3v) is 6.14. The van der Waals surface area contributed by atoms with Crippen molar-refractivity contribution in [2.75, 3.05) is 45.5 Å². The van der Waals surface area contributed by atoms with Gasteiger partial charge in [0.1, 0.15) is 0 Å². The lowest BCUT2D eigenvalue weighted by atomic mass is 10.0. The normalized spacial score (nSPS) is 25.6. The molecule has 2 heterocycles. The molecule has 2 atom stereocenters. The van der Waals surface area contributed by atoms with E-state index in [1.54, 1.807) is 12.1 Å². The fourth-order valence-electron chi connectivity index (χ4n) is 3.68. The quantitative estimate of drug-likeness (QED) is 0.524. The zero-order valence-electron chi connectivity index (χ0n) is 15.7. The van der Waals surface area contributed by atoms with Gasteiger partial charge >= 0.3 is 0 Å². The second-order valence-electron chi connectivity index (χ2n) is 7.24. The van der Waals surface area contributed by atoms with E-state index < -0.39 is 9.84 Å². The van der Waals surface area contributed by atoms with Crippen LogP contribution in [0, 0.1) is 0 Å². The second kappa shape index (κ2) is 8.77. The first-order valence-corrected chi connectivity index (χ1v) is 11.3. The van der Waals surface area contributed by atoms with Gasteiger partial charge in [0.2, 0.25) is 0 Å². The SMILES string of the molecule is CCCN1CC(NCC2NCCN2)NC(c2ccc(S(C)(=O)=O)cc2)C1. The van der Waals surface area contributed by atoms with Gasteiger partial charge in [-0.15, -0.1) is 0 Å². The first kappa shape index (κ1) is 19.7. The van der Waals surface area contributed by atoms with Crippen molar-refractivity contribution >= 4 is 9.84 Å². The first-order valence-electron chi connectivity index (χ1n) is 9.44. The van der Waals surface area contributed by atoms with Gasteiger partial charge < -0.3 is 0 Å². The summed E-state index contributed by atoms with van der Waals surface area (Å²) in [5.41, 5.74) is 1.13. The molecule has 1 aromatic carbocycles. The predicted octanol–water partition coefficient (Wildman–Crippen LogP) is -0.119. The second-order valence-corrected chi connectivity index (χ2v) is 9.26. The number of rotatable bonds is 7. The summed E-state index contributed by atoms with van der Waals surface area (Å²) in [4.78, 5) is 2.84. The van der Waals surface area contributed by atoms with Crippen LogP contribution in [0.3, 0.4) is 0 Å². The molecule has 0 amide bonds. The lowest BCUT2D eigenvalue weighted by molar-refractivity contribution is 0.142. The van der Waals surface area contributed by atoms with E-state index in [4.69, 9.17) is 0 Å². The van der Waals surface area contributed by atoms with Crippen LogP contribution in [0.5, 0.6) is 0 Å². The van der Waals surface area contributed by atoms with Crippen LogP contribution >= 0.6 is 0 Å². The van der Waals surface area contributed by atoms with E-state index in [0.717, 1.165) is 51.3 Å². The van der Waals surface area contributed by atoms with E-state index in [9.17, 15) is 8.42 Å². The zero-order chi connectivity index (χ0) is 18.6. The molecule has 2 aliphatic heterocycles. The molecule has 0 aromatic heterocycles. The highest BCUT2D eigenvalue weighted by atomic mass is 32.2. The Balaban J connectivity index is 1.66. The third-order valence-electron chi connectivity index (χ3n) is 5.01. The largest absolute Gasteiger partial charge is 0.300 e. The van der Waals surface area contributed by atoms with Crippen molar-refractivity contribution in [3.63, 3.8) is 0 Å². The number of benzene rings is 1. The standard InChI is InChI=1S/C18H31N5O2S/c1-3-10-23-12-16(14-4-6-15(7-5-14)26(2,24)25)22-18(13-23)21-11-17-19-8-9-20-17/h4-7,16-22H,3,8-13H2,1-2H3. The monoisotopic (exact) mass is 381 g/mol. The van der Waals surface area contributed by atoms with Gasteiger partial charge in [0.25, 0.3) is 0 Å². The van der Waals surface area contributed by atoms with E-state index in [2.05, 4.69) is 33.1 Å². The molecule has 146 valence electrons. The molecular formula is C18H31N5O2S. The van der Waals surface area contributed by atoms with Crippen molar-refractivity contribution in [2.24, 2.45) is 0 Å². The van der Waals surface area contributed by atoms with E-state index in [1.807, 2.05) is 12.1 Å². The van der Waals surface area contributed by atoms with Crippen LogP contribution in [0.25, 0.3) is 0 Å². The molecule has 0 bridgehead atoms. The first-order chi connectivity index (χ1) is 12.5. The van der Waals surface area contributed by atoms with Gasteiger partial charge in [0, 0.05) is 45.0 Å². The Morgan fingerprint density at radius 2 is 1.85 bits per heavy atom. The molecule has 8 heteroatoms. The Bertz CT molecular complexity index is 673. The summed E-state index contributed by atoms with van der Waals surface area (Å²) in [6.07, 6.45) is 2.90. The number of nitrogens with zero attached hydrogens (tertiary/aromatic N) is 1. The van der Waals surface area contributed by atoms with Crippen molar-refractivity contribution in [1.82, 2.24) is 26.2 Å². The van der Waals surface area contributed by atoms with Crippen LogP contribution in [0.2, 0.25) is 0 Å². The highest BCUT2D eigenvalue weighted by Gasteiger charge is 2.27. The Kier molecular flexibility index (Phi) is 6.65. The van der Waals surface area contributed by atoms with E-state index in [-0.39, 0.29) is 12.2 Å². The molecule has 0 radical (unpaired) electrons. The Morgan fingerprint density at radius 3 is 2.46 bits per heavy atom. The van der Waals surface area contributed by atoms with Crippen LogP contribution < -0.4 is 21.3 Å². The maximum atomic E-state index is 11.7. The van der Waals surface area contributed by atoms with Gasteiger partial charge in [-0.05, 0) is 30.7 Å². The third kappa shape index (κ3) is 5.25. The topological polar surface area (TPSA) is 85.5 Å². The highest BCUT2D eigenvalue weighted by Crippen LogP contribution is 2.21. The minimum Gasteiger partial charge on any atom is -0.300 e. The van der Waals surface area contributed by atoms with Gasteiger partial charge in [-0.1, -0.05) is 19.1 Å². The number of nitrogens with one attached hydrogen (secondary N) is 4. The molecule has 7 nitrogen and oxygen atoms in total. The Labute approximate surface area is 156 Å². The van der Waals surface area contributed by atoms with Crippen molar-refractivity contribution in [2.45, 2.75) is 36.6 Å². The van der Waals surface area contributed by atoms with Crippen molar-refractivity contribution in [1.29, 1.82) is 0 Å². The minimum atomic E-state index is -3.16. The van der Waals surface area contributed by atoms with Gasteiger partial charge in [-0.25, -0.2) is 8.42 Å². The molecule has 26 heavy (non-hydrogen) atoms. The zero-order valence-corrected chi connectivity index (χ0v) is 16.5. The maximum absolute atomic E-state index is 11.7. The lowest BCUT2D eigenvalue weighted by Gasteiger charge is -2.40. The molecule has 2 aliphatic rings. The average molecular weight is 382 g/mol. The van der Waals surface area contributed by atoms with E-state index in [1.165, 1.54) is 6.26 Å². The molecule has 0 saturated carbocycles. The van der Waals surface area contributed by atoms with Crippen molar-refractivity contribution < 1.29 is 8.42 Å². The summed E-state index contributed by atoms with van der Waals surface area (Å²) >= 11 is 0. The van der Waals surface area contributed by atoms with Crippen LogP contribution in [0.1, 0.15) is 24.9 Å². The molecular weight excluding hydrogens is 350 g/mol. The number of hydrogen-bond acceptors (Lipinski definition) is 7. The molecule has 2 fully saturated rings. The fraction of sp³-hybridized carbons (Fsp3) is 0.667. The summed E-state index contributed by atoms with van der Waals surface area (Å²) < 4.78 is 23.4. The number of sulfone groups is 1. The van der Waals surface area contributed by atoms with Crippen molar-refractivity contribution in [3.05, 3.63) is 29.8 Å². The molecule has 4 N–H and O–H groups in total. The van der Waals surface area contributed by atoms with Crippen molar-refractivity contribution in [3.8, 4) is 0 Å². The van der Waals surface area contributed by atoms with Gasteiger partial charge in [-0.3, -0.25) is 26.2 Å². The minimum absolute atomic E-state index is 0.186. The smallest absolute Gasteiger partial charge is 0.175 e. The summed E-state index contributed by atoms with van der Waals surface area (Å²) in [5.74, 6) is 0. The average Bonchev–Trinajstić information content (AvgIpc) is 3.13. The molecule has 1 aromatic rings. The van der Waals surface area contributed by atoms with Crippen LogP contribution in [0.4, 0.5) is 0 Å². The van der Waals surface area contributed by atoms with Crippen LogP contribution in [-0.4, -0.2) is 71.2 Å².